The maximum Gasteiger partial charge on any atom is 0.254 e. The number of fused-ring (bicyclic) bond motifs is 2. The normalized spacial score (nSPS) is 24.4. The van der Waals surface area contributed by atoms with Crippen LogP contribution >= 0.6 is 0 Å². The van der Waals surface area contributed by atoms with Crippen LogP contribution in [0.2, 0.25) is 0 Å². The van der Waals surface area contributed by atoms with Gasteiger partial charge in [0.25, 0.3) is 5.91 Å². The molecule has 2 bridgehead atoms. The van der Waals surface area contributed by atoms with Crippen LogP contribution in [0.5, 0.6) is 0 Å². The monoisotopic (exact) mass is 635 g/mol. The summed E-state index contributed by atoms with van der Waals surface area (Å²) in [5, 5.41) is 12.9. The average molecular weight is 636 g/mol. The van der Waals surface area contributed by atoms with Gasteiger partial charge in [-0.15, -0.1) is 0 Å². The summed E-state index contributed by atoms with van der Waals surface area (Å²) < 4.78 is 0. The maximum atomic E-state index is 15.1. The van der Waals surface area contributed by atoms with Gasteiger partial charge in [0.1, 0.15) is 11.4 Å². The summed E-state index contributed by atoms with van der Waals surface area (Å²) in [6, 6.07) is 27.3. The van der Waals surface area contributed by atoms with Gasteiger partial charge in [-0.3, -0.25) is 24.5 Å². The third-order valence-corrected chi connectivity index (χ3v) is 11.4. The minimum Gasteiger partial charge on any atom is -0.357 e. The van der Waals surface area contributed by atoms with Crippen LogP contribution in [-0.4, -0.2) is 38.6 Å². The summed E-state index contributed by atoms with van der Waals surface area (Å²) in [5.41, 5.74) is 3.54. The molecule has 1 aliphatic heterocycles. The number of hydrogen-bond acceptors (Lipinski definition) is 6. The molecule has 3 heterocycles. The smallest absolute Gasteiger partial charge is 0.254 e. The molecule has 1 N–H and O–H groups in total. The molecule has 4 unspecified atom stereocenters. The van der Waals surface area contributed by atoms with Crippen molar-refractivity contribution in [2.24, 2.45) is 29.1 Å². The zero-order valence-electron chi connectivity index (χ0n) is 27.5. The molecule has 8 rings (SSSR count). The average Bonchev–Trinajstić information content (AvgIpc) is 3.34. The summed E-state index contributed by atoms with van der Waals surface area (Å²) >= 11 is 0. The van der Waals surface area contributed by atoms with Crippen molar-refractivity contribution < 1.29 is 9.59 Å². The molecule has 1 amide bonds. The molecular formula is C41H41N5O2. The number of amides is 1. The Balaban J connectivity index is 1.27. The van der Waals surface area contributed by atoms with Crippen LogP contribution in [-0.2, 0) is 24.1 Å². The molecular weight excluding hydrogens is 594 g/mol. The Bertz CT molecular complexity index is 1810. The fraction of sp³-hybridized carbons (Fsp3) is 0.341. The number of benzene rings is 2. The highest BCUT2D eigenvalue weighted by Crippen LogP contribution is 2.63. The van der Waals surface area contributed by atoms with E-state index in [2.05, 4.69) is 65.5 Å². The largest absolute Gasteiger partial charge is 0.357 e. The molecule has 4 fully saturated rings. The van der Waals surface area contributed by atoms with Gasteiger partial charge in [0.2, 0.25) is 0 Å². The van der Waals surface area contributed by atoms with Gasteiger partial charge in [0.05, 0.1) is 11.6 Å². The summed E-state index contributed by atoms with van der Waals surface area (Å²) in [6.45, 7) is 5.38. The Hall–Kier alpha value is -5.09. The number of pyridine rings is 2. The van der Waals surface area contributed by atoms with E-state index in [-0.39, 0.29) is 17.1 Å². The fourth-order valence-corrected chi connectivity index (χ4v) is 8.64. The summed E-state index contributed by atoms with van der Waals surface area (Å²) in [7, 11) is 0. The van der Waals surface area contributed by atoms with E-state index in [1.165, 1.54) is 12.0 Å². The third-order valence-electron chi connectivity index (χ3n) is 11.4. The lowest BCUT2D eigenvalue weighted by molar-refractivity contribution is -0.145. The summed E-state index contributed by atoms with van der Waals surface area (Å²) in [5.74, 6) is 2.22. The van der Waals surface area contributed by atoms with Crippen molar-refractivity contribution >= 4 is 11.7 Å². The zero-order valence-corrected chi connectivity index (χ0v) is 27.5. The molecule has 7 nitrogen and oxygen atoms in total. The van der Waals surface area contributed by atoms with Gasteiger partial charge in [-0.05, 0) is 114 Å². The lowest BCUT2D eigenvalue weighted by atomic mass is 9.42. The van der Waals surface area contributed by atoms with Gasteiger partial charge in [-0.2, -0.15) is 5.26 Å². The zero-order chi connectivity index (χ0) is 33.3. The van der Waals surface area contributed by atoms with Crippen LogP contribution in [0.1, 0.15) is 59.3 Å². The number of allylic oxidation sites excluding steroid dienone is 1. The van der Waals surface area contributed by atoms with E-state index >= 15 is 4.79 Å². The first-order valence-corrected chi connectivity index (χ1v) is 16.9. The number of rotatable bonds is 10. The first kappa shape index (κ1) is 31.5. The number of nitrogens with zero attached hydrogens (tertiary/aromatic N) is 4. The molecule has 2 aromatic heterocycles. The lowest BCUT2D eigenvalue weighted by Crippen LogP contribution is -2.58. The molecule has 3 saturated carbocycles. The van der Waals surface area contributed by atoms with Gasteiger partial charge in [-0.1, -0.05) is 44.2 Å². The van der Waals surface area contributed by atoms with Crippen LogP contribution < -0.4 is 5.32 Å². The molecule has 3 aliphatic carbocycles. The molecule has 1 saturated heterocycles. The molecule has 4 aromatic rings. The van der Waals surface area contributed by atoms with Crippen LogP contribution in [0.3, 0.4) is 0 Å². The quantitative estimate of drug-likeness (QED) is 0.156. The highest BCUT2D eigenvalue weighted by atomic mass is 16.2. The van der Waals surface area contributed by atoms with Crippen molar-refractivity contribution in [3.05, 3.63) is 143 Å². The van der Waals surface area contributed by atoms with Crippen molar-refractivity contribution in [3.8, 4) is 6.07 Å². The molecule has 48 heavy (non-hydrogen) atoms. The second-order valence-electron chi connectivity index (χ2n) is 14.5. The number of hydrogen-bond donors (Lipinski definition) is 1. The maximum absolute atomic E-state index is 15.1. The van der Waals surface area contributed by atoms with Crippen LogP contribution in [0.4, 0.5) is 0 Å². The number of ketones is 1. The summed E-state index contributed by atoms with van der Waals surface area (Å²) in [4.78, 5) is 39.1. The Morgan fingerprint density at radius 2 is 1.52 bits per heavy atom. The first-order chi connectivity index (χ1) is 23.3. The number of carbonyl (C=O) groups is 2. The van der Waals surface area contributed by atoms with Crippen molar-refractivity contribution in [2.75, 3.05) is 6.54 Å². The van der Waals surface area contributed by atoms with Gasteiger partial charge >= 0.3 is 0 Å². The second-order valence-corrected chi connectivity index (χ2v) is 14.5. The van der Waals surface area contributed by atoms with E-state index < -0.39 is 5.54 Å². The van der Waals surface area contributed by atoms with Crippen molar-refractivity contribution in [3.63, 3.8) is 0 Å². The van der Waals surface area contributed by atoms with Gasteiger partial charge in [0, 0.05) is 55.8 Å². The second kappa shape index (κ2) is 12.8. The molecule has 0 radical (unpaired) electrons. The SMILES string of the molecule is CC1(C)C2CC(CN3C(=O)C(Cc4ccncc4)(Cc4ccncc4)N/C3=C\C(=O)c3ccc(C#N)cc3)C(Cc3ccccc3)C1C2. The molecule has 4 aliphatic rings. The Kier molecular flexibility index (Phi) is 8.43. The molecule has 4 atom stereocenters. The molecule has 242 valence electrons. The molecule has 2 aromatic carbocycles. The van der Waals surface area contributed by atoms with Gasteiger partial charge in [0.15, 0.2) is 5.78 Å². The van der Waals surface area contributed by atoms with E-state index in [9.17, 15) is 10.1 Å². The van der Waals surface area contributed by atoms with E-state index in [1.807, 2.05) is 29.2 Å². The first-order valence-electron chi connectivity index (χ1n) is 16.9. The number of nitrogens with one attached hydrogen (secondary N) is 1. The predicted octanol–water partition coefficient (Wildman–Crippen LogP) is 6.57. The fourth-order valence-electron chi connectivity index (χ4n) is 8.64. The minimum absolute atomic E-state index is 0.0213. The van der Waals surface area contributed by atoms with Gasteiger partial charge in [-0.25, -0.2) is 0 Å². The van der Waals surface area contributed by atoms with Crippen molar-refractivity contribution in [2.45, 2.75) is 51.5 Å². The minimum atomic E-state index is -1.01. The van der Waals surface area contributed by atoms with E-state index in [1.54, 1.807) is 55.1 Å². The predicted molar refractivity (Wildman–Crippen MR) is 184 cm³/mol. The molecule has 7 heteroatoms. The highest BCUT2D eigenvalue weighted by molar-refractivity contribution is 6.06. The van der Waals surface area contributed by atoms with Crippen molar-refractivity contribution in [1.82, 2.24) is 20.2 Å². The van der Waals surface area contributed by atoms with Crippen molar-refractivity contribution in [1.29, 1.82) is 5.26 Å². The number of aromatic nitrogens is 2. The van der Waals surface area contributed by atoms with Gasteiger partial charge < -0.3 is 5.32 Å². The highest BCUT2D eigenvalue weighted by Gasteiger charge is 2.58. The number of nitriles is 1. The van der Waals surface area contributed by atoms with Crippen LogP contribution in [0.25, 0.3) is 0 Å². The van der Waals surface area contributed by atoms with E-state index in [0.717, 1.165) is 24.0 Å². The number of carbonyl (C=O) groups excluding carboxylic acids is 2. The standard InChI is InChI=1S/C41H41N5O2/c1-40(2)34-21-33(35(36(40)22-34)20-28-6-4-3-5-7-28)27-46-38(23-37(47)32-10-8-31(26-42)9-11-32)45-41(39(46)48,24-29-12-16-43-17-13-29)25-30-14-18-44-19-15-30/h3-19,23,33-36,45H,20-22,24-25,27H2,1-2H3/b38-23+. The lowest BCUT2D eigenvalue weighted by Gasteiger charge is -2.63. The van der Waals surface area contributed by atoms with E-state index in [4.69, 9.17) is 0 Å². The Morgan fingerprint density at radius 1 is 0.896 bits per heavy atom. The Labute approximate surface area is 282 Å². The van der Waals surface area contributed by atoms with E-state index in [0.29, 0.717) is 60.0 Å². The Morgan fingerprint density at radius 3 is 2.10 bits per heavy atom. The van der Waals surface area contributed by atoms with Crippen LogP contribution in [0.15, 0.2) is 116 Å². The molecule has 0 spiro atoms. The van der Waals surface area contributed by atoms with Crippen LogP contribution in [0, 0.1) is 40.4 Å². The third kappa shape index (κ3) is 6.04. The topological polar surface area (TPSA) is 99.0 Å². The summed E-state index contributed by atoms with van der Waals surface area (Å²) in [6.07, 6.45) is 12.7.